The Kier molecular flexibility index (Phi) is 6.89. The summed E-state index contributed by atoms with van der Waals surface area (Å²) in [5, 5.41) is 15.6. The van der Waals surface area contributed by atoms with Crippen molar-refractivity contribution in [3.05, 3.63) is 33.8 Å². The van der Waals surface area contributed by atoms with Gasteiger partial charge in [-0.05, 0) is 45.6 Å². The Bertz CT molecular complexity index is 860. The number of aromatic nitrogens is 5. The van der Waals surface area contributed by atoms with E-state index in [1.54, 1.807) is 11.7 Å². The lowest BCUT2D eigenvalue weighted by Crippen LogP contribution is -2.39. The smallest absolute Gasteiger partial charge is 0.345 e. The van der Waals surface area contributed by atoms with Crippen LogP contribution in [0.15, 0.2) is 15.9 Å². The molecule has 2 N–H and O–H groups in total. The molecule has 9 heteroatoms. The summed E-state index contributed by atoms with van der Waals surface area (Å²) in [6, 6.07) is 2.09. The molecule has 0 spiro atoms. The molecule has 0 aliphatic carbocycles. The Morgan fingerprint density at radius 3 is 2.43 bits per heavy atom. The molecule has 0 saturated heterocycles. The molecule has 28 heavy (non-hydrogen) atoms. The summed E-state index contributed by atoms with van der Waals surface area (Å²) in [5.41, 5.74) is 2.28. The topological polar surface area (TPSA) is 94.1 Å². The van der Waals surface area contributed by atoms with Gasteiger partial charge in [-0.1, -0.05) is 0 Å². The summed E-state index contributed by atoms with van der Waals surface area (Å²) in [5.74, 6) is 1.72. The number of nitrogens with one attached hydrogen (secondary N) is 2. The van der Waals surface area contributed by atoms with Crippen LogP contribution in [0.2, 0.25) is 0 Å². The van der Waals surface area contributed by atoms with E-state index in [4.69, 9.17) is 0 Å². The summed E-state index contributed by atoms with van der Waals surface area (Å²) in [6.45, 7) is 7.98. The average Bonchev–Trinajstić information content (AvgIpc) is 3.19. The molecule has 0 radical (unpaired) electrons. The number of hydrogen-bond acceptors (Lipinski definition) is 4. The van der Waals surface area contributed by atoms with Crippen LogP contribution in [0.1, 0.15) is 42.9 Å². The van der Waals surface area contributed by atoms with Crippen LogP contribution in [-0.2, 0) is 26.1 Å². The van der Waals surface area contributed by atoms with Crippen molar-refractivity contribution in [2.45, 2.75) is 65.6 Å². The average molecular weight is 389 g/mol. The number of rotatable bonds is 8. The van der Waals surface area contributed by atoms with E-state index in [0.29, 0.717) is 6.54 Å². The monoisotopic (exact) mass is 388 g/mol. The van der Waals surface area contributed by atoms with Gasteiger partial charge < -0.3 is 10.6 Å². The van der Waals surface area contributed by atoms with Gasteiger partial charge in [-0.3, -0.25) is 14.2 Å². The highest BCUT2D eigenvalue weighted by molar-refractivity contribution is 5.79. The van der Waals surface area contributed by atoms with Crippen LogP contribution in [0.4, 0.5) is 0 Å². The second kappa shape index (κ2) is 9.57. The normalized spacial score (nSPS) is 14.2. The van der Waals surface area contributed by atoms with Crippen molar-refractivity contribution in [3.8, 4) is 0 Å². The predicted molar refractivity (Wildman–Crippen MR) is 110 cm³/mol. The van der Waals surface area contributed by atoms with E-state index in [1.165, 1.54) is 5.69 Å². The Balaban J connectivity index is 1.35. The molecule has 2 aromatic heterocycles. The highest BCUT2D eigenvalue weighted by Crippen LogP contribution is 2.09. The molecule has 1 aliphatic heterocycles. The Hall–Kier alpha value is -2.58. The fraction of sp³-hybridized carbons (Fsp3) is 0.684. The van der Waals surface area contributed by atoms with Gasteiger partial charge in [0.1, 0.15) is 5.82 Å². The fourth-order valence-corrected chi connectivity index (χ4v) is 3.59. The second-order valence-electron chi connectivity index (χ2n) is 7.31. The molecule has 0 fully saturated rings. The lowest BCUT2D eigenvalue weighted by atomic mass is 10.2. The first-order chi connectivity index (χ1) is 13.6. The summed E-state index contributed by atoms with van der Waals surface area (Å²) in [7, 11) is 1.77. The SMILES string of the molecule is CN=C(NCCCn1nc(C)cc1C)NCCCn1nc2n(c1=O)CCCC2. The fourth-order valence-electron chi connectivity index (χ4n) is 3.59. The van der Waals surface area contributed by atoms with E-state index in [1.807, 2.05) is 16.2 Å². The lowest BCUT2D eigenvalue weighted by molar-refractivity contribution is 0.509. The molecule has 0 bridgehead atoms. The van der Waals surface area contributed by atoms with Gasteiger partial charge in [-0.2, -0.15) is 10.2 Å². The quantitative estimate of drug-likeness (QED) is 0.397. The summed E-state index contributed by atoms with van der Waals surface area (Å²) < 4.78 is 5.46. The zero-order valence-electron chi connectivity index (χ0n) is 17.2. The number of aryl methyl sites for hydroxylation is 5. The Morgan fingerprint density at radius 1 is 1.11 bits per heavy atom. The van der Waals surface area contributed by atoms with Crippen LogP contribution >= 0.6 is 0 Å². The van der Waals surface area contributed by atoms with Crippen LogP contribution in [0.25, 0.3) is 0 Å². The summed E-state index contributed by atoms with van der Waals surface area (Å²) in [6.07, 6.45) is 4.90. The van der Waals surface area contributed by atoms with Crippen molar-refractivity contribution in [1.82, 2.24) is 34.8 Å². The highest BCUT2D eigenvalue weighted by atomic mass is 16.2. The molecular weight excluding hydrogens is 356 g/mol. The number of aliphatic imine (C=N–C) groups is 1. The molecule has 0 aromatic carbocycles. The van der Waals surface area contributed by atoms with Gasteiger partial charge in [-0.25, -0.2) is 9.48 Å². The van der Waals surface area contributed by atoms with Crippen molar-refractivity contribution in [1.29, 1.82) is 0 Å². The first-order valence-electron chi connectivity index (χ1n) is 10.2. The molecule has 1 aliphatic rings. The molecule has 0 atom stereocenters. The zero-order valence-corrected chi connectivity index (χ0v) is 17.2. The number of nitrogens with zero attached hydrogens (tertiary/aromatic N) is 6. The van der Waals surface area contributed by atoms with Gasteiger partial charge in [0.15, 0.2) is 5.96 Å². The third kappa shape index (κ3) is 5.02. The van der Waals surface area contributed by atoms with E-state index in [2.05, 4.69) is 38.8 Å². The van der Waals surface area contributed by atoms with E-state index >= 15 is 0 Å². The van der Waals surface area contributed by atoms with Crippen molar-refractivity contribution in [2.24, 2.45) is 4.99 Å². The van der Waals surface area contributed by atoms with Crippen LogP contribution in [-0.4, -0.2) is 50.2 Å². The Morgan fingerprint density at radius 2 is 1.82 bits per heavy atom. The third-order valence-corrected chi connectivity index (χ3v) is 5.04. The molecule has 154 valence electrons. The first-order valence-corrected chi connectivity index (χ1v) is 10.2. The van der Waals surface area contributed by atoms with Gasteiger partial charge in [0.25, 0.3) is 0 Å². The highest BCUT2D eigenvalue weighted by Gasteiger charge is 2.16. The molecule has 0 saturated carbocycles. The van der Waals surface area contributed by atoms with Gasteiger partial charge in [-0.15, -0.1) is 0 Å². The predicted octanol–water partition coefficient (Wildman–Crippen LogP) is 0.840. The van der Waals surface area contributed by atoms with Crippen LogP contribution in [0.5, 0.6) is 0 Å². The summed E-state index contributed by atoms with van der Waals surface area (Å²) >= 11 is 0. The molecule has 3 rings (SSSR count). The zero-order chi connectivity index (χ0) is 19.9. The van der Waals surface area contributed by atoms with E-state index in [0.717, 1.165) is 75.8 Å². The van der Waals surface area contributed by atoms with Crippen molar-refractivity contribution in [3.63, 3.8) is 0 Å². The lowest BCUT2D eigenvalue weighted by Gasteiger charge is -2.12. The Labute approximate surface area is 165 Å². The molecule has 3 heterocycles. The maximum absolute atomic E-state index is 12.3. The number of hydrogen-bond donors (Lipinski definition) is 2. The minimum Gasteiger partial charge on any atom is -0.356 e. The molecule has 9 nitrogen and oxygen atoms in total. The van der Waals surface area contributed by atoms with Gasteiger partial charge in [0, 0.05) is 51.9 Å². The van der Waals surface area contributed by atoms with E-state index in [9.17, 15) is 4.79 Å². The molecule has 0 unspecified atom stereocenters. The van der Waals surface area contributed by atoms with Crippen LogP contribution in [0.3, 0.4) is 0 Å². The largest absolute Gasteiger partial charge is 0.356 e. The number of guanidine groups is 1. The van der Waals surface area contributed by atoms with Gasteiger partial charge in [0.2, 0.25) is 0 Å². The molecule has 0 amide bonds. The van der Waals surface area contributed by atoms with Gasteiger partial charge in [0.05, 0.1) is 5.69 Å². The minimum absolute atomic E-state index is 0.0290. The standard InChI is InChI=1S/C19H32N8O/c1-15-14-16(2)26(23-15)12-6-9-21-18(20-3)22-10-7-13-27-19(28)25-11-5-4-8-17(25)24-27/h14H,4-13H2,1-3H3,(H2,20,21,22). The molecular formula is C19H32N8O. The third-order valence-electron chi connectivity index (χ3n) is 5.04. The van der Waals surface area contributed by atoms with E-state index in [-0.39, 0.29) is 5.69 Å². The first kappa shape index (κ1) is 20.2. The van der Waals surface area contributed by atoms with Crippen LogP contribution < -0.4 is 16.3 Å². The van der Waals surface area contributed by atoms with Crippen molar-refractivity contribution < 1.29 is 0 Å². The second-order valence-corrected chi connectivity index (χ2v) is 7.31. The van der Waals surface area contributed by atoms with Crippen molar-refractivity contribution in [2.75, 3.05) is 20.1 Å². The van der Waals surface area contributed by atoms with Crippen molar-refractivity contribution >= 4 is 5.96 Å². The minimum atomic E-state index is 0.0290. The number of fused-ring (bicyclic) bond motifs is 1. The maximum atomic E-state index is 12.3. The molecule has 2 aromatic rings. The van der Waals surface area contributed by atoms with E-state index < -0.39 is 0 Å². The summed E-state index contributed by atoms with van der Waals surface area (Å²) in [4.78, 5) is 16.6. The van der Waals surface area contributed by atoms with Crippen LogP contribution in [0, 0.1) is 13.8 Å². The van der Waals surface area contributed by atoms with Gasteiger partial charge >= 0.3 is 5.69 Å². The maximum Gasteiger partial charge on any atom is 0.345 e.